The van der Waals surface area contributed by atoms with Crippen LogP contribution in [0.2, 0.25) is 0 Å². The number of rotatable bonds is 4. The second-order valence-electron chi connectivity index (χ2n) is 4.77. The predicted molar refractivity (Wildman–Crippen MR) is 96.0 cm³/mol. The van der Waals surface area contributed by atoms with Crippen molar-refractivity contribution in [1.29, 1.82) is 0 Å². The molecule has 0 unspecified atom stereocenters. The second kappa shape index (κ2) is 6.80. The Morgan fingerprint density at radius 2 is 2.18 bits per heavy atom. The smallest absolute Gasteiger partial charge is 0.323 e. The van der Waals surface area contributed by atoms with Gasteiger partial charge < -0.3 is 10.0 Å². The standard InChI is InChI=1S/C14H13BrN2O3S2/c1-16(2)10-4-3-8(5-9(10)15)6-11-13(20)17(7-12(18)19)14(21)22-11/h3-6H,7H2,1-2H3,(H,18,19)/b11-6+. The number of carbonyl (C=O) groups excluding carboxylic acids is 1. The van der Waals surface area contributed by atoms with E-state index in [9.17, 15) is 9.59 Å². The number of carbonyl (C=O) groups is 2. The third-order valence-electron chi connectivity index (χ3n) is 2.92. The molecule has 0 spiro atoms. The zero-order valence-corrected chi connectivity index (χ0v) is 15.1. The van der Waals surface area contributed by atoms with Gasteiger partial charge >= 0.3 is 5.97 Å². The van der Waals surface area contributed by atoms with Crippen molar-refractivity contribution in [1.82, 2.24) is 4.90 Å². The average Bonchev–Trinajstić information content (AvgIpc) is 2.66. The molecule has 116 valence electrons. The molecule has 0 bridgehead atoms. The molecule has 8 heteroatoms. The number of carboxylic acids is 1. The number of hydrogen-bond acceptors (Lipinski definition) is 5. The van der Waals surface area contributed by atoms with Gasteiger partial charge in [0.25, 0.3) is 5.91 Å². The van der Waals surface area contributed by atoms with E-state index in [1.54, 1.807) is 6.08 Å². The molecule has 22 heavy (non-hydrogen) atoms. The van der Waals surface area contributed by atoms with Gasteiger partial charge in [0.15, 0.2) is 0 Å². The fourth-order valence-electron chi connectivity index (χ4n) is 1.90. The highest BCUT2D eigenvalue weighted by Gasteiger charge is 2.33. The van der Waals surface area contributed by atoms with Crippen molar-refractivity contribution in [2.75, 3.05) is 25.5 Å². The van der Waals surface area contributed by atoms with Crippen molar-refractivity contribution < 1.29 is 14.7 Å². The number of aliphatic carboxylic acids is 1. The monoisotopic (exact) mass is 400 g/mol. The number of carboxylic acid groups (broad SMARTS) is 1. The molecule has 1 fully saturated rings. The number of halogens is 1. The van der Waals surface area contributed by atoms with E-state index >= 15 is 0 Å². The van der Waals surface area contributed by atoms with Crippen LogP contribution in [0.25, 0.3) is 6.08 Å². The SMILES string of the molecule is CN(C)c1ccc(/C=C2/SC(=S)N(CC(=O)O)C2=O)cc1Br. The van der Waals surface area contributed by atoms with Gasteiger partial charge in [-0.2, -0.15) is 0 Å². The quantitative estimate of drug-likeness (QED) is 0.619. The van der Waals surface area contributed by atoms with Crippen LogP contribution < -0.4 is 4.90 Å². The molecular weight excluding hydrogens is 388 g/mol. The summed E-state index contributed by atoms with van der Waals surface area (Å²) in [5.74, 6) is -1.46. The second-order valence-corrected chi connectivity index (χ2v) is 7.30. The number of benzene rings is 1. The van der Waals surface area contributed by atoms with Gasteiger partial charge in [-0.25, -0.2) is 0 Å². The van der Waals surface area contributed by atoms with Crippen molar-refractivity contribution in [3.05, 3.63) is 33.1 Å². The number of thioether (sulfide) groups is 1. The van der Waals surface area contributed by atoms with Gasteiger partial charge in [-0.05, 0) is 39.7 Å². The Labute approximate surface area is 146 Å². The minimum Gasteiger partial charge on any atom is -0.480 e. The van der Waals surface area contributed by atoms with E-state index in [0.717, 1.165) is 32.4 Å². The molecule has 0 aliphatic carbocycles. The first kappa shape index (κ1) is 17.0. The minimum absolute atomic E-state index is 0.266. The Balaban J connectivity index is 2.27. The molecule has 0 saturated carbocycles. The van der Waals surface area contributed by atoms with Crippen LogP contribution in [0, 0.1) is 0 Å². The van der Waals surface area contributed by atoms with Crippen LogP contribution in [-0.4, -0.2) is 46.8 Å². The molecule has 1 saturated heterocycles. The molecule has 0 aromatic heterocycles. The zero-order chi connectivity index (χ0) is 16.4. The van der Waals surface area contributed by atoms with Gasteiger partial charge in [-0.1, -0.05) is 30.0 Å². The van der Waals surface area contributed by atoms with Crippen molar-refractivity contribution in [2.45, 2.75) is 0 Å². The zero-order valence-electron chi connectivity index (χ0n) is 11.9. The van der Waals surface area contributed by atoms with Gasteiger partial charge in [-0.15, -0.1) is 0 Å². The highest BCUT2D eigenvalue weighted by atomic mass is 79.9. The third-order valence-corrected chi connectivity index (χ3v) is 4.93. The average molecular weight is 401 g/mol. The first-order valence-corrected chi connectivity index (χ1v) is 8.25. The Bertz CT molecular complexity index is 689. The summed E-state index contributed by atoms with van der Waals surface area (Å²) in [6.07, 6.45) is 1.71. The number of hydrogen-bond donors (Lipinski definition) is 1. The highest BCUT2D eigenvalue weighted by molar-refractivity contribution is 9.10. The number of anilines is 1. The maximum atomic E-state index is 12.2. The molecular formula is C14H13BrN2O3S2. The number of nitrogens with zero attached hydrogens (tertiary/aromatic N) is 2. The van der Waals surface area contributed by atoms with Gasteiger partial charge in [0, 0.05) is 18.6 Å². The molecule has 5 nitrogen and oxygen atoms in total. The first-order valence-electron chi connectivity index (χ1n) is 6.23. The van der Waals surface area contributed by atoms with Crippen molar-refractivity contribution >= 4 is 67.9 Å². The van der Waals surface area contributed by atoms with Gasteiger partial charge in [0.1, 0.15) is 10.9 Å². The van der Waals surface area contributed by atoms with E-state index in [-0.39, 0.29) is 10.2 Å². The van der Waals surface area contributed by atoms with E-state index < -0.39 is 12.5 Å². The summed E-state index contributed by atoms with van der Waals surface area (Å²) in [6, 6.07) is 5.73. The Morgan fingerprint density at radius 1 is 1.50 bits per heavy atom. The van der Waals surface area contributed by atoms with Crippen molar-refractivity contribution in [3.8, 4) is 0 Å². The lowest BCUT2D eigenvalue weighted by atomic mass is 10.2. The fraction of sp³-hybridized carbons (Fsp3) is 0.214. The summed E-state index contributed by atoms with van der Waals surface area (Å²) in [7, 11) is 3.88. The Kier molecular flexibility index (Phi) is 5.25. The lowest BCUT2D eigenvalue weighted by Crippen LogP contribution is -2.33. The van der Waals surface area contributed by atoms with Gasteiger partial charge in [-0.3, -0.25) is 14.5 Å². The fourth-order valence-corrected chi connectivity index (χ4v) is 3.90. The van der Waals surface area contributed by atoms with Crippen molar-refractivity contribution in [2.24, 2.45) is 0 Å². The van der Waals surface area contributed by atoms with E-state index in [1.165, 1.54) is 0 Å². The summed E-state index contributed by atoms with van der Waals surface area (Å²) < 4.78 is 1.18. The minimum atomic E-state index is -1.09. The van der Waals surface area contributed by atoms with Crippen LogP contribution >= 0.6 is 39.9 Å². The predicted octanol–water partition coefficient (Wildman–Crippen LogP) is 2.80. The summed E-state index contributed by atoms with van der Waals surface area (Å²) >= 11 is 9.66. The van der Waals surface area contributed by atoms with E-state index in [0.29, 0.717) is 4.91 Å². The molecule has 0 atom stereocenters. The summed E-state index contributed by atoms with van der Waals surface area (Å²) in [5.41, 5.74) is 1.86. The summed E-state index contributed by atoms with van der Waals surface area (Å²) in [4.78, 5) is 26.4. The number of thiocarbonyl (C=S) groups is 1. The molecule has 1 aliphatic heterocycles. The first-order chi connectivity index (χ1) is 10.3. The Morgan fingerprint density at radius 3 is 2.73 bits per heavy atom. The van der Waals surface area contributed by atoms with Crippen LogP contribution in [0.4, 0.5) is 5.69 Å². The molecule has 1 heterocycles. The van der Waals surface area contributed by atoms with Gasteiger partial charge in [0.05, 0.1) is 10.6 Å². The topological polar surface area (TPSA) is 60.9 Å². The highest BCUT2D eigenvalue weighted by Crippen LogP contribution is 2.33. The lowest BCUT2D eigenvalue weighted by molar-refractivity contribution is -0.140. The molecule has 0 radical (unpaired) electrons. The van der Waals surface area contributed by atoms with Crippen LogP contribution in [-0.2, 0) is 9.59 Å². The third kappa shape index (κ3) is 3.68. The van der Waals surface area contributed by atoms with E-state index in [1.807, 2.05) is 37.2 Å². The molecule has 1 N–H and O–H groups in total. The summed E-state index contributed by atoms with van der Waals surface area (Å²) in [6.45, 7) is -0.411. The maximum Gasteiger partial charge on any atom is 0.323 e. The molecule has 1 aromatic rings. The van der Waals surface area contributed by atoms with Crippen LogP contribution in [0.15, 0.2) is 27.6 Å². The molecule has 1 aromatic carbocycles. The van der Waals surface area contributed by atoms with Crippen LogP contribution in [0.1, 0.15) is 5.56 Å². The maximum absolute atomic E-state index is 12.2. The van der Waals surface area contributed by atoms with E-state index in [4.69, 9.17) is 17.3 Å². The molecule has 1 aliphatic rings. The number of amides is 1. The molecule has 2 rings (SSSR count). The van der Waals surface area contributed by atoms with Crippen LogP contribution in [0.3, 0.4) is 0 Å². The lowest BCUT2D eigenvalue weighted by Gasteiger charge is -2.14. The molecule has 1 amide bonds. The van der Waals surface area contributed by atoms with Crippen molar-refractivity contribution in [3.63, 3.8) is 0 Å². The summed E-state index contributed by atoms with van der Waals surface area (Å²) in [5, 5.41) is 8.81. The Hall–Kier alpha value is -1.38. The van der Waals surface area contributed by atoms with E-state index in [2.05, 4.69) is 15.9 Å². The van der Waals surface area contributed by atoms with Crippen LogP contribution in [0.5, 0.6) is 0 Å². The normalized spacial score (nSPS) is 16.5. The largest absolute Gasteiger partial charge is 0.480 e. The van der Waals surface area contributed by atoms with Gasteiger partial charge in [0.2, 0.25) is 0 Å².